The Labute approximate surface area is 79.1 Å². The Morgan fingerprint density at radius 2 is 2.00 bits per heavy atom. The van der Waals surface area contributed by atoms with Crippen molar-refractivity contribution in [2.75, 3.05) is 13.2 Å². The maximum atomic E-state index is 12.0. The van der Waals surface area contributed by atoms with Crippen LogP contribution in [0.4, 0.5) is 4.39 Å². The van der Waals surface area contributed by atoms with E-state index >= 15 is 0 Å². The Morgan fingerprint density at radius 3 is 2.77 bits per heavy atom. The van der Waals surface area contributed by atoms with Crippen LogP contribution in [0.5, 0.6) is 0 Å². The molecule has 0 aromatic carbocycles. The fourth-order valence-electron chi connectivity index (χ4n) is 4.15. The molecule has 1 nitrogen and oxygen atoms in total. The molecule has 0 amide bonds. The van der Waals surface area contributed by atoms with Gasteiger partial charge in [0.25, 0.3) is 0 Å². The third-order valence-electron chi connectivity index (χ3n) is 4.65. The molecule has 13 heavy (non-hydrogen) atoms. The van der Waals surface area contributed by atoms with Gasteiger partial charge in [-0.3, -0.25) is 0 Å². The van der Waals surface area contributed by atoms with Crippen molar-refractivity contribution < 1.29 is 4.39 Å². The molecule has 3 rings (SSSR count). The van der Waals surface area contributed by atoms with Crippen molar-refractivity contribution in [3.63, 3.8) is 0 Å². The van der Waals surface area contributed by atoms with Crippen LogP contribution in [-0.4, -0.2) is 19.3 Å². The molecular weight excluding hydrogens is 165 g/mol. The zero-order valence-electron chi connectivity index (χ0n) is 8.01. The molecule has 74 valence electrons. The van der Waals surface area contributed by atoms with E-state index in [9.17, 15) is 4.39 Å². The number of alkyl halides is 1. The molecule has 2 heteroatoms. The van der Waals surface area contributed by atoms with Gasteiger partial charge in [-0.25, -0.2) is 4.39 Å². The summed E-state index contributed by atoms with van der Waals surface area (Å²) in [4.78, 5) is 0. The van der Waals surface area contributed by atoms with Crippen LogP contribution >= 0.6 is 0 Å². The maximum absolute atomic E-state index is 12.0. The Balaban J connectivity index is 1.60. The van der Waals surface area contributed by atoms with Gasteiger partial charge in [0.2, 0.25) is 0 Å². The number of hydrogen-bond acceptors (Lipinski definition) is 1. The summed E-state index contributed by atoms with van der Waals surface area (Å²) in [5, 5.41) is 3.35. The number of rotatable bonds is 3. The first-order valence-corrected chi connectivity index (χ1v) is 5.69. The molecule has 0 aromatic rings. The Morgan fingerprint density at radius 1 is 1.15 bits per heavy atom. The van der Waals surface area contributed by atoms with Gasteiger partial charge in [0, 0.05) is 12.6 Å². The molecule has 5 atom stereocenters. The molecule has 3 fully saturated rings. The summed E-state index contributed by atoms with van der Waals surface area (Å²) in [6.45, 7) is 0.368. The molecule has 0 aliphatic heterocycles. The van der Waals surface area contributed by atoms with Crippen molar-refractivity contribution in [2.24, 2.45) is 23.7 Å². The van der Waals surface area contributed by atoms with Gasteiger partial charge in [0.15, 0.2) is 0 Å². The topological polar surface area (TPSA) is 12.0 Å². The fourth-order valence-corrected chi connectivity index (χ4v) is 4.15. The first kappa shape index (κ1) is 8.22. The van der Waals surface area contributed by atoms with Crippen LogP contribution in [0.25, 0.3) is 0 Å². The quantitative estimate of drug-likeness (QED) is 0.705. The third kappa shape index (κ3) is 1.08. The van der Waals surface area contributed by atoms with Crippen LogP contribution in [-0.2, 0) is 0 Å². The van der Waals surface area contributed by atoms with Crippen molar-refractivity contribution in [2.45, 2.75) is 31.7 Å². The lowest BCUT2D eigenvalue weighted by atomic mass is 9.62. The van der Waals surface area contributed by atoms with Crippen LogP contribution < -0.4 is 5.32 Å². The molecule has 1 N–H and O–H groups in total. The van der Waals surface area contributed by atoms with Crippen LogP contribution in [0.3, 0.4) is 0 Å². The van der Waals surface area contributed by atoms with Crippen molar-refractivity contribution in [1.29, 1.82) is 0 Å². The van der Waals surface area contributed by atoms with E-state index in [2.05, 4.69) is 5.32 Å². The van der Waals surface area contributed by atoms with Crippen LogP contribution in [0.2, 0.25) is 0 Å². The maximum Gasteiger partial charge on any atom is 0.102 e. The van der Waals surface area contributed by atoms with Gasteiger partial charge >= 0.3 is 0 Å². The third-order valence-corrected chi connectivity index (χ3v) is 4.65. The molecule has 3 aliphatic carbocycles. The SMILES string of the molecule is FCCNC1CC2C3CCC(C3)C12. The summed E-state index contributed by atoms with van der Waals surface area (Å²) in [7, 11) is 0. The number of hydrogen-bond donors (Lipinski definition) is 1. The molecule has 0 spiro atoms. The summed E-state index contributed by atoms with van der Waals surface area (Å²) in [5.74, 6) is 4.01. The highest BCUT2D eigenvalue weighted by Crippen LogP contribution is 2.60. The standard InChI is InChI=1S/C11H18FN/c12-3-4-13-10-6-9-7-1-2-8(5-7)11(9)10/h7-11,13H,1-6H2. The predicted molar refractivity (Wildman–Crippen MR) is 50.2 cm³/mol. The highest BCUT2D eigenvalue weighted by molar-refractivity contribution is 5.08. The van der Waals surface area contributed by atoms with Crippen LogP contribution in [0.15, 0.2) is 0 Å². The van der Waals surface area contributed by atoms with E-state index in [-0.39, 0.29) is 6.67 Å². The summed E-state index contributed by atoms with van der Waals surface area (Å²) in [5.41, 5.74) is 0. The van der Waals surface area contributed by atoms with Crippen molar-refractivity contribution in [3.05, 3.63) is 0 Å². The lowest BCUT2D eigenvalue weighted by molar-refractivity contribution is 0.0491. The summed E-state index contributed by atoms with van der Waals surface area (Å²) >= 11 is 0. The normalized spacial score (nSPS) is 51.9. The fraction of sp³-hybridized carbons (Fsp3) is 1.00. The van der Waals surface area contributed by atoms with E-state index in [1.807, 2.05) is 0 Å². The molecular formula is C11H18FN. The van der Waals surface area contributed by atoms with Gasteiger partial charge in [-0.15, -0.1) is 0 Å². The van der Waals surface area contributed by atoms with Crippen LogP contribution in [0, 0.1) is 23.7 Å². The van der Waals surface area contributed by atoms with E-state index < -0.39 is 0 Å². The van der Waals surface area contributed by atoms with Gasteiger partial charge in [0.1, 0.15) is 6.67 Å². The van der Waals surface area contributed by atoms with E-state index in [0.29, 0.717) is 12.6 Å². The summed E-state index contributed by atoms with van der Waals surface area (Å²) < 4.78 is 12.0. The van der Waals surface area contributed by atoms with Gasteiger partial charge in [-0.2, -0.15) is 0 Å². The first-order valence-electron chi connectivity index (χ1n) is 5.69. The lowest BCUT2D eigenvalue weighted by Crippen LogP contribution is -2.53. The van der Waals surface area contributed by atoms with Crippen molar-refractivity contribution >= 4 is 0 Å². The second-order valence-corrected chi connectivity index (χ2v) is 5.06. The van der Waals surface area contributed by atoms with Crippen molar-refractivity contribution in [3.8, 4) is 0 Å². The molecule has 5 unspecified atom stereocenters. The molecule has 0 aromatic heterocycles. The second kappa shape index (κ2) is 2.94. The van der Waals surface area contributed by atoms with Gasteiger partial charge in [-0.1, -0.05) is 0 Å². The Hall–Kier alpha value is -0.110. The molecule has 0 saturated heterocycles. The second-order valence-electron chi connectivity index (χ2n) is 5.06. The molecule has 3 saturated carbocycles. The molecule has 3 aliphatic rings. The molecule has 2 bridgehead atoms. The number of fused-ring (bicyclic) bond motifs is 5. The number of nitrogens with one attached hydrogen (secondary N) is 1. The number of halogens is 1. The Kier molecular flexibility index (Phi) is 1.86. The zero-order chi connectivity index (χ0) is 8.84. The van der Waals surface area contributed by atoms with Crippen molar-refractivity contribution in [1.82, 2.24) is 5.32 Å². The first-order chi connectivity index (χ1) is 6.40. The Bertz CT molecular complexity index is 204. The zero-order valence-corrected chi connectivity index (χ0v) is 8.01. The highest BCUT2D eigenvalue weighted by Gasteiger charge is 2.56. The average Bonchev–Trinajstić information content (AvgIpc) is 2.60. The van der Waals surface area contributed by atoms with E-state index in [0.717, 1.165) is 23.7 Å². The minimum atomic E-state index is -0.206. The average molecular weight is 183 g/mol. The van der Waals surface area contributed by atoms with E-state index in [1.54, 1.807) is 0 Å². The van der Waals surface area contributed by atoms with E-state index in [1.165, 1.54) is 25.7 Å². The van der Waals surface area contributed by atoms with Crippen LogP contribution in [0.1, 0.15) is 25.7 Å². The summed E-state index contributed by atoms with van der Waals surface area (Å²) in [6.07, 6.45) is 5.77. The van der Waals surface area contributed by atoms with Gasteiger partial charge in [0.05, 0.1) is 0 Å². The monoisotopic (exact) mass is 183 g/mol. The molecule has 0 radical (unpaired) electrons. The lowest BCUT2D eigenvalue weighted by Gasteiger charge is -2.48. The minimum Gasteiger partial charge on any atom is -0.311 e. The predicted octanol–water partition coefficient (Wildman–Crippen LogP) is 1.98. The van der Waals surface area contributed by atoms with Gasteiger partial charge in [-0.05, 0) is 49.4 Å². The van der Waals surface area contributed by atoms with E-state index in [4.69, 9.17) is 0 Å². The van der Waals surface area contributed by atoms with Gasteiger partial charge < -0.3 is 5.32 Å². The summed E-state index contributed by atoms with van der Waals surface area (Å²) in [6, 6.07) is 0.677. The smallest absolute Gasteiger partial charge is 0.102 e. The minimum absolute atomic E-state index is 0.206. The largest absolute Gasteiger partial charge is 0.311 e. The highest BCUT2D eigenvalue weighted by atomic mass is 19.1. The molecule has 0 heterocycles.